The fourth-order valence-corrected chi connectivity index (χ4v) is 2.04. The van der Waals surface area contributed by atoms with Crippen LogP contribution in [-0.4, -0.2) is 30.8 Å². The molecule has 0 aromatic heterocycles. The predicted octanol–water partition coefficient (Wildman–Crippen LogP) is 2.43. The van der Waals surface area contributed by atoms with E-state index in [-0.39, 0.29) is 6.61 Å². The number of hydrogen-bond donors (Lipinski definition) is 3. The summed E-state index contributed by atoms with van der Waals surface area (Å²) < 4.78 is 0. The van der Waals surface area contributed by atoms with Gasteiger partial charge >= 0.3 is 0 Å². The molecule has 3 nitrogen and oxygen atoms in total. The molecule has 0 rings (SSSR count). The summed E-state index contributed by atoms with van der Waals surface area (Å²) in [6, 6.07) is 0.442. The monoisotopic (exact) mass is 244 g/mol. The van der Waals surface area contributed by atoms with Crippen molar-refractivity contribution in [3.63, 3.8) is 0 Å². The van der Waals surface area contributed by atoms with Gasteiger partial charge in [-0.05, 0) is 19.4 Å². The standard InChI is InChI=1S/C14H32N2O/c1-2-3-4-5-6-7-8-10-14(13-15)16-11-9-12-17/h14,16-17H,2-13,15H2,1H3. The Morgan fingerprint density at radius 2 is 1.65 bits per heavy atom. The summed E-state index contributed by atoms with van der Waals surface area (Å²) in [7, 11) is 0. The maximum Gasteiger partial charge on any atom is 0.0443 e. The van der Waals surface area contributed by atoms with Gasteiger partial charge in [-0.3, -0.25) is 0 Å². The van der Waals surface area contributed by atoms with Gasteiger partial charge in [-0.15, -0.1) is 0 Å². The fourth-order valence-electron chi connectivity index (χ4n) is 2.04. The van der Waals surface area contributed by atoms with Crippen LogP contribution in [0.25, 0.3) is 0 Å². The summed E-state index contributed by atoms with van der Waals surface area (Å²) >= 11 is 0. The van der Waals surface area contributed by atoms with Crippen molar-refractivity contribution in [2.24, 2.45) is 5.73 Å². The molecule has 0 aliphatic heterocycles. The largest absolute Gasteiger partial charge is 0.396 e. The Morgan fingerprint density at radius 1 is 1.00 bits per heavy atom. The van der Waals surface area contributed by atoms with Crippen LogP contribution in [0.2, 0.25) is 0 Å². The molecule has 0 radical (unpaired) electrons. The van der Waals surface area contributed by atoms with E-state index in [1.807, 2.05) is 0 Å². The van der Waals surface area contributed by atoms with E-state index in [1.165, 1.54) is 51.4 Å². The van der Waals surface area contributed by atoms with Gasteiger partial charge in [-0.2, -0.15) is 0 Å². The van der Waals surface area contributed by atoms with Crippen LogP contribution < -0.4 is 11.1 Å². The zero-order chi connectivity index (χ0) is 12.8. The molecule has 0 aromatic rings. The highest BCUT2D eigenvalue weighted by atomic mass is 16.3. The highest BCUT2D eigenvalue weighted by Gasteiger charge is 2.04. The molecule has 0 spiro atoms. The first-order chi connectivity index (χ1) is 8.35. The first-order valence-corrected chi connectivity index (χ1v) is 7.39. The van der Waals surface area contributed by atoms with Gasteiger partial charge in [0.25, 0.3) is 0 Å². The van der Waals surface area contributed by atoms with E-state index in [0.717, 1.165) is 13.0 Å². The van der Waals surface area contributed by atoms with E-state index >= 15 is 0 Å². The third-order valence-corrected chi connectivity index (χ3v) is 3.21. The lowest BCUT2D eigenvalue weighted by Gasteiger charge is -2.16. The molecular weight excluding hydrogens is 212 g/mol. The van der Waals surface area contributed by atoms with Crippen LogP contribution in [0, 0.1) is 0 Å². The topological polar surface area (TPSA) is 58.3 Å². The van der Waals surface area contributed by atoms with Gasteiger partial charge in [0.2, 0.25) is 0 Å². The zero-order valence-corrected chi connectivity index (χ0v) is 11.6. The van der Waals surface area contributed by atoms with Crippen molar-refractivity contribution < 1.29 is 5.11 Å². The van der Waals surface area contributed by atoms with Crippen molar-refractivity contribution in [3.05, 3.63) is 0 Å². The molecule has 0 amide bonds. The second-order valence-electron chi connectivity index (χ2n) is 4.87. The molecule has 0 bridgehead atoms. The van der Waals surface area contributed by atoms with Crippen molar-refractivity contribution in [1.82, 2.24) is 5.32 Å². The lowest BCUT2D eigenvalue weighted by molar-refractivity contribution is 0.282. The van der Waals surface area contributed by atoms with Crippen LogP contribution in [0.1, 0.15) is 64.7 Å². The average molecular weight is 244 g/mol. The number of aliphatic hydroxyl groups is 1. The number of nitrogens with one attached hydrogen (secondary N) is 1. The van der Waals surface area contributed by atoms with Crippen LogP contribution in [-0.2, 0) is 0 Å². The van der Waals surface area contributed by atoms with Gasteiger partial charge in [-0.1, -0.05) is 51.9 Å². The van der Waals surface area contributed by atoms with Crippen LogP contribution in [0.5, 0.6) is 0 Å². The van der Waals surface area contributed by atoms with Crippen LogP contribution in [0.3, 0.4) is 0 Å². The van der Waals surface area contributed by atoms with Gasteiger partial charge in [0, 0.05) is 19.2 Å². The quantitative estimate of drug-likeness (QED) is 0.436. The molecular formula is C14H32N2O. The highest BCUT2D eigenvalue weighted by Crippen LogP contribution is 2.09. The maximum atomic E-state index is 8.70. The van der Waals surface area contributed by atoms with Crippen molar-refractivity contribution in [1.29, 1.82) is 0 Å². The van der Waals surface area contributed by atoms with E-state index in [2.05, 4.69) is 12.2 Å². The molecule has 0 saturated carbocycles. The van der Waals surface area contributed by atoms with Crippen molar-refractivity contribution in [2.45, 2.75) is 70.8 Å². The van der Waals surface area contributed by atoms with E-state index < -0.39 is 0 Å². The Kier molecular flexibility index (Phi) is 13.8. The molecule has 1 unspecified atom stereocenters. The van der Waals surface area contributed by atoms with Crippen molar-refractivity contribution in [3.8, 4) is 0 Å². The average Bonchev–Trinajstić information content (AvgIpc) is 2.35. The van der Waals surface area contributed by atoms with Crippen molar-refractivity contribution >= 4 is 0 Å². The molecule has 0 aliphatic carbocycles. The summed E-state index contributed by atoms with van der Waals surface area (Å²) in [5.41, 5.74) is 5.71. The number of hydrogen-bond acceptors (Lipinski definition) is 3. The van der Waals surface area contributed by atoms with E-state index in [1.54, 1.807) is 0 Å². The molecule has 1 atom stereocenters. The number of nitrogens with two attached hydrogens (primary N) is 1. The van der Waals surface area contributed by atoms with E-state index in [9.17, 15) is 0 Å². The lowest BCUT2D eigenvalue weighted by Crippen LogP contribution is -2.36. The lowest BCUT2D eigenvalue weighted by atomic mass is 10.1. The molecule has 0 aliphatic rings. The van der Waals surface area contributed by atoms with Gasteiger partial charge < -0.3 is 16.2 Å². The fraction of sp³-hybridized carbons (Fsp3) is 1.00. The second kappa shape index (κ2) is 13.9. The molecule has 0 heterocycles. The minimum Gasteiger partial charge on any atom is -0.396 e. The van der Waals surface area contributed by atoms with E-state index in [0.29, 0.717) is 12.6 Å². The summed E-state index contributed by atoms with van der Waals surface area (Å²) in [6.07, 6.45) is 11.5. The maximum absolute atomic E-state index is 8.70. The summed E-state index contributed by atoms with van der Waals surface area (Å²) in [5.74, 6) is 0. The van der Waals surface area contributed by atoms with Gasteiger partial charge in [-0.25, -0.2) is 0 Å². The van der Waals surface area contributed by atoms with Crippen LogP contribution in [0.15, 0.2) is 0 Å². The Balaban J connectivity index is 3.25. The number of aliphatic hydroxyl groups excluding tert-OH is 1. The molecule has 0 saturated heterocycles. The molecule has 0 aromatic carbocycles. The highest BCUT2D eigenvalue weighted by molar-refractivity contribution is 4.67. The van der Waals surface area contributed by atoms with Crippen LogP contribution >= 0.6 is 0 Å². The summed E-state index contributed by atoms with van der Waals surface area (Å²) in [6.45, 7) is 4.11. The van der Waals surface area contributed by atoms with Crippen molar-refractivity contribution in [2.75, 3.05) is 19.7 Å². The molecule has 104 valence electrons. The summed E-state index contributed by atoms with van der Waals surface area (Å²) in [5, 5.41) is 12.1. The zero-order valence-electron chi connectivity index (χ0n) is 11.6. The third-order valence-electron chi connectivity index (χ3n) is 3.21. The Bertz CT molecular complexity index is 142. The van der Waals surface area contributed by atoms with Gasteiger partial charge in [0.15, 0.2) is 0 Å². The Hall–Kier alpha value is -0.120. The first kappa shape index (κ1) is 16.9. The second-order valence-corrected chi connectivity index (χ2v) is 4.87. The SMILES string of the molecule is CCCCCCCCCC(CN)NCCCO. The van der Waals surface area contributed by atoms with Crippen LogP contribution in [0.4, 0.5) is 0 Å². The Labute approximate surface area is 107 Å². The molecule has 3 heteroatoms. The summed E-state index contributed by atoms with van der Waals surface area (Å²) in [4.78, 5) is 0. The molecule has 17 heavy (non-hydrogen) atoms. The smallest absolute Gasteiger partial charge is 0.0443 e. The molecule has 0 fully saturated rings. The number of unbranched alkanes of at least 4 members (excludes halogenated alkanes) is 6. The van der Waals surface area contributed by atoms with Gasteiger partial charge in [0.05, 0.1) is 0 Å². The predicted molar refractivity (Wildman–Crippen MR) is 75.2 cm³/mol. The molecule has 4 N–H and O–H groups in total. The minimum atomic E-state index is 0.266. The minimum absolute atomic E-state index is 0.266. The first-order valence-electron chi connectivity index (χ1n) is 7.39. The Morgan fingerprint density at radius 3 is 2.24 bits per heavy atom. The normalized spacial score (nSPS) is 12.9. The number of rotatable bonds is 13. The van der Waals surface area contributed by atoms with E-state index in [4.69, 9.17) is 10.8 Å². The third kappa shape index (κ3) is 12.1. The van der Waals surface area contributed by atoms with Gasteiger partial charge in [0.1, 0.15) is 0 Å².